The summed E-state index contributed by atoms with van der Waals surface area (Å²) in [7, 11) is 1.77. The monoisotopic (exact) mass is 426 g/mol. The average Bonchev–Trinajstić information content (AvgIpc) is 2.85. The van der Waals surface area contributed by atoms with Crippen LogP contribution in [0, 0.1) is 12.3 Å². The summed E-state index contributed by atoms with van der Waals surface area (Å²) < 4.78 is 6.45. The van der Waals surface area contributed by atoms with E-state index in [-0.39, 0.29) is 12.5 Å². The highest BCUT2D eigenvalue weighted by molar-refractivity contribution is 9.10. The van der Waals surface area contributed by atoms with Crippen LogP contribution in [0.4, 0.5) is 5.69 Å². The average molecular weight is 427 g/mol. The zero-order valence-corrected chi connectivity index (χ0v) is 16.4. The second-order valence-electron chi connectivity index (χ2n) is 5.52. The van der Waals surface area contributed by atoms with Crippen LogP contribution in [0.5, 0.6) is 5.75 Å². The van der Waals surface area contributed by atoms with Crippen LogP contribution in [0.15, 0.2) is 58.7 Å². The summed E-state index contributed by atoms with van der Waals surface area (Å²) >= 11 is 8.91. The topological polar surface area (TPSA) is 32.8 Å². The fourth-order valence-corrected chi connectivity index (χ4v) is 3.26. The Hall–Kier alpha value is -2.62. The van der Waals surface area contributed by atoms with Gasteiger partial charge in [0.2, 0.25) is 0 Å². The maximum absolute atomic E-state index is 13.0. The molecule has 4 nitrogen and oxygen atoms in total. The summed E-state index contributed by atoms with van der Waals surface area (Å²) in [4.78, 5) is 16.2. The van der Waals surface area contributed by atoms with Crippen molar-refractivity contribution in [2.24, 2.45) is 0 Å². The lowest BCUT2D eigenvalue weighted by Crippen LogP contribution is -2.30. The number of para-hydroxylation sites is 1. The van der Waals surface area contributed by atoms with E-state index in [1.807, 2.05) is 42.5 Å². The van der Waals surface area contributed by atoms with Crippen LogP contribution in [0.3, 0.4) is 0 Å². The van der Waals surface area contributed by atoms with Crippen LogP contribution >= 0.6 is 28.1 Å². The highest BCUT2D eigenvalue weighted by Crippen LogP contribution is 2.31. The summed E-state index contributed by atoms with van der Waals surface area (Å²) in [5.74, 6) is 2.86. The molecule has 1 amide bonds. The lowest BCUT2D eigenvalue weighted by Gasteiger charge is -2.16. The van der Waals surface area contributed by atoms with Gasteiger partial charge in [0, 0.05) is 17.1 Å². The van der Waals surface area contributed by atoms with Gasteiger partial charge < -0.3 is 9.64 Å². The van der Waals surface area contributed by atoms with E-state index in [2.05, 4.69) is 21.9 Å². The van der Waals surface area contributed by atoms with E-state index in [0.717, 1.165) is 15.7 Å². The second-order valence-corrected chi connectivity index (χ2v) is 6.80. The van der Waals surface area contributed by atoms with E-state index < -0.39 is 0 Å². The van der Waals surface area contributed by atoms with Gasteiger partial charge in [0.1, 0.15) is 18.1 Å². The first-order valence-electron chi connectivity index (χ1n) is 7.77. The first kappa shape index (κ1) is 18.2. The number of hydrogen-bond acceptors (Lipinski definition) is 3. The molecule has 0 bridgehead atoms. The third-order valence-electron chi connectivity index (χ3n) is 3.85. The van der Waals surface area contributed by atoms with Crippen LogP contribution in [-0.2, 0) is 4.79 Å². The van der Waals surface area contributed by atoms with Crippen LogP contribution in [-0.4, -0.2) is 29.6 Å². The largest absolute Gasteiger partial charge is 0.480 e. The quantitative estimate of drug-likeness (QED) is 0.419. The molecule has 1 fully saturated rings. The Labute approximate surface area is 166 Å². The van der Waals surface area contributed by atoms with Crippen molar-refractivity contribution in [2.45, 2.75) is 0 Å². The molecule has 0 aromatic heterocycles. The molecule has 0 radical (unpaired) electrons. The normalized spacial score (nSPS) is 15.5. The molecule has 2 aromatic rings. The number of nitrogens with zero attached hydrogens (tertiary/aromatic N) is 2. The molecule has 0 saturated carbocycles. The minimum Gasteiger partial charge on any atom is -0.480 e. The van der Waals surface area contributed by atoms with Crippen LogP contribution < -0.4 is 9.64 Å². The van der Waals surface area contributed by atoms with Crippen molar-refractivity contribution in [1.29, 1.82) is 0 Å². The van der Waals surface area contributed by atoms with Crippen LogP contribution in [0.2, 0.25) is 0 Å². The number of hydrogen-bond donors (Lipinski definition) is 0. The molecule has 0 spiro atoms. The van der Waals surface area contributed by atoms with Gasteiger partial charge in [-0.05, 0) is 48.6 Å². The molecule has 0 N–H and O–H groups in total. The fraction of sp³-hybridized carbons (Fsp3) is 0.100. The SMILES string of the molecule is C#CCOc1ccc(Br)cc1/C=C1/C(=O)N(c2ccccc2)C(=S)N1C. The Bertz CT molecular complexity index is 935. The van der Waals surface area contributed by atoms with Gasteiger partial charge >= 0.3 is 0 Å². The molecule has 0 unspecified atom stereocenters. The van der Waals surface area contributed by atoms with E-state index in [0.29, 0.717) is 16.6 Å². The van der Waals surface area contributed by atoms with E-state index in [9.17, 15) is 4.79 Å². The van der Waals surface area contributed by atoms with Gasteiger partial charge in [-0.3, -0.25) is 9.69 Å². The van der Waals surface area contributed by atoms with Crippen LogP contribution in [0.25, 0.3) is 6.08 Å². The van der Waals surface area contributed by atoms with Gasteiger partial charge in [-0.15, -0.1) is 6.42 Å². The summed E-state index contributed by atoms with van der Waals surface area (Å²) in [6.45, 7) is 0.149. The Morgan fingerprint density at radius 1 is 1.27 bits per heavy atom. The molecule has 2 aromatic carbocycles. The molecule has 3 rings (SSSR count). The van der Waals surface area contributed by atoms with Crippen LogP contribution in [0.1, 0.15) is 5.56 Å². The van der Waals surface area contributed by atoms with Crippen molar-refractivity contribution in [3.8, 4) is 18.1 Å². The first-order chi connectivity index (χ1) is 12.5. The minimum absolute atomic E-state index is 0.149. The smallest absolute Gasteiger partial charge is 0.281 e. The van der Waals surface area contributed by atoms with Crippen molar-refractivity contribution >= 4 is 50.9 Å². The lowest BCUT2D eigenvalue weighted by molar-refractivity contribution is -0.114. The first-order valence-corrected chi connectivity index (χ1v) is 8.97. The molecule has 1 aliphatic rings. The maximum atomic E-state index is 13.0. The van der Waals surface area contributed by atoms with Crippen molar-refractivity contribution < 1.29 is 9.53 Å². The van der Waals surface area contributed by atoms with Crippen molar-refractivity contribution in [2.75, 3.05) is 18.6 Å². The summed E-state index contributed by atoms with van der Waals surface area (Å²) in [6.07, 6.45) is 7.04. The molecular formula is C20H15BrN2O2S. The molecule has 130 valence electrons. The Morgan fingerprint density at radius 3 is 2.69 bits per heavy atom. The maximum Gasteiger partial charge on any atom is 0.281 e. The number of halogens is 1. The predicted octanol–water partition coefficient (Wildman–Crippen LogP) is 4.07. The molecule has 1 heterocycles. The number of benzene rings is 2. The van der Waals surface area contributed by atoms with Gasteiger partial charge in [0.05, 0.1) is 5.69 Å². The van der Waals surface area contributed by atoms with Gasteiger partial charge in [0.25, 0.3) is 5.91 Å². The zero-order valence-electron chi connectivity index (χ0n) is 14.0. The number of thiocarbonyl (C=S) groups is 1. The van der Waals surface area contributed by atoms with E-state index in [1.165, 1.54) is 4.90 Å². The number of carbonyl (C=O) groups is 1. The number of amides is 1. The zero-order chi connectivity index (χ0) is 18.7. The van der Waals surface area contributed by atoms with E-state index >= 15 is 0 Å². The summed E-state index contributed by atoms with van der Waals surface area (Å²) in [5, 5.41) is 0.425. The van der Waals surface area contributed by atoms with Gasteiger partial charge in [-0.25, -0.2) is 0 Å². The number of terminal acetylenes is 1. The van der Waals surface area contributed by atoms with Crippen molar-refractivity contribution in [3.05, 3.63) is 64.3 Å². The highest BCUT2D eigenvalue weighted by atomic mass is 79.9. The molecule has 0 aliphatic carbocycles. The van der Waals surface area contributed by atoms with Crippen molar-refractivity contribution in [1.82, 2.24) is 4.90 Å². The number of carbonyl (C=O) groups excluding carboxylic acids is 1. The molecule has 1 saturated heterocycles. The fourth-order valence-electron chi connectivity index (χ4n) is 2.59. The van der Waals surface area contributed by atoms with Gasteiger partial charge in [-0.1, -0.05) is 40.0 Å². The molecule has 26 heavy (non-hydrogen) atoms. The van der Waals surface area contributed by atoms with Gasteiger partial charge in [0.15, 0.2) is 5.11 Å². The van der Waals surface area contributed by atoms with Crippen molar-refractivity contribution in [3.63, 3.8) is 0 Å². The lowest BCUT2D eigenvalue weighted by atomic mass is 10.1. The molecule has 1 aliphatic heterocycles. The van der Waals surface area contributed by atoms with E-state index in [4.69, 9.17) is 23.4 Å². The standard InChI is InChI=1S/C20H15BrN2O2S/c1-3-11-25-18-10-9-15(21)12-14(18)13-17-19(24)23(20(26)22(17)2)16-7-5-4-6-8-16/h1,4-10,12-13H,11H2,2H3/b17-13-. The Kier molecular flexibility index (Phi) is 5.40. The molecule has 0 atom stereocenters. The predicted molar refractivity (Wildman–Crippen MR) is 111 cm³/mol. The number of rotatable bonds is 4. The number of ether oxygens (including phenoxy) is 1. The minimum atomic E-state index is -0.188. The number of likely N-dealkylation sites (N-methyl/N-ethyl adjacent to an activating group) is 1. The highest BCUT2D eigenvalue weighted by Gasteiger charge is 2.36. The summed E-state index contributed by atoms with van der Waals surface area (Å²) in [6, 6.07) is 14.9. The Balaban J connectivity index is 2.02. The molecule has 6 heteroatoms. The van der Waals surface area contributed by atoms with Gasteiger partial charge in [-0.2, -0.15) is 0 Å². The van der Waals surface area contributed by atoms with E-state index in [1.54, 1.807) is 24.1 Å². The number of anilines is 1. The third-order valence-corrected chi connectivity index (χ3v) is 4.80. The Morgan fingerprint density at radius 2 is 2.00 bits per heavy atom. The summed E-state index contributed by atoms with van der Waals surface area (Å²) in [5.41, 5.74) is 1.93. The third kappa shape index (κ3) is 3.50. The molecular weight excluding hydrogens is 412 g/mol. The second kappa shape index (κ2) is 7.73.